The lowest BCUT2D eigenvalue weighted by molar-refractivity contribution is -0.132. The highest BCUT2D eigenvalue weighted by atomic mass is 16.5. The van der Waals surface area contributed by atoms with Crippen molar-refractivity contribution >= 4 is 17.7 Å². The third kappa shape index (κ3) is 2.62. The Hall–Kier alpha value is -3.93. The zero-order valence-corrected chi connectivity index (χ0v) is 17.3. The molecule has 1 fully saturated rings. The highest BCUT2D eigenvalue weighted by Gasteiger charge is 2.55. The smallest absolute Gasteiger partial charge is 0.325 e. The second-order valence-electron chi connectivity index (χ2n) is 8.45. The number of urea groups is 1. The second-order valence-corrected chi connectivity index (χ2v) is 8.45. The van der Waals surface area contributed by atoms with Gasteiger partial charge in [0.15, 0.2) is 11.3 Å². The van der Waals surface area contributed by atoms with E-state index in [9.17, 15) is 14.4 Å². The molecule has 3 aromatic carbocycles. The van der Waals surface area contributed by atoms with Crippen molar-refractivity contribution in [1.82, 2.24) is 10.2 Å². The van der Waals surface area contributed by atoms with Gasteiger partial charge in [-0.3, -0.25) is 14.5 Å². The summed E-state index contributed by atoms with van der Waals surface area (Å²) in [5, 5.41) is 2.84. The molecule has 3 amide bonds. The van der Waals surface area contributed by atoms with E-state index in [2.05, 4.69) is 17.4 Å². The Balaban J connectivity index is 1.29. The Morgan fingerprint density at radius 2 is 1.75 bits per heavy atom. The number of fused-ring (bicyclic) bond motifs is 5. The van der Waals surface area contributed by atoms with Crippen molar-refractivity contribution in [3.63, 3.8) is 0 Å². The maximum Gasteiger partial charge on any atom is 0.325 e. The Bertz CT molecular complexity index is 1310. The normalized spacial score (nSPS) is 20.4. The van der Waals surface area contributed by atoms with Crippen LogP contribution in [0.3, 0.4) is 0 Å². The van der Waals surface area contributed by atoms with Crippen LogP contribution >= 0.6 is 0 Å². The number of hydrogen-bond acceptors (Lipinski definition) is 4. The number of ether oxygens (including phenoxy) is 1. The SMILES string of the molecule is O=C(CN1C(=O)N[C@@]2(CCOc3ccccc32)C1=O)c1ccc2c(c1)-c1ccccc1C2. The summed E-state index contributed by atoms with van der Waals surface area (Å²) in [5.41, 5.74) is 4.53. The summed E-state index contributed by atoms with van der Waals surface area (Å²) in [7, 11) is 0. The summed E-state index contributed by atoms with van der Waals surface area (Å²) >= 11 is 0. The lowest BCUT2D eigenvalue weighted by Crippen LogP contribution is -2.47. The molecule has 1 spiro atoms. The first-order valence-corrected chi connectivity index (χ1v) is 10.7. The van der Waals surface area contributed by atoms with E-state index in [0.717, 1.165) is 22.4 Å². The molecule has 2 aliphatic heterocycles. The first-order chi connectivity index (χ1) is 15.6. The van der Waals surface area contributed by atoms with Gasteiger partial charge in [-0.05, 0) is 40.8 Å². The van der Waals surface area contributed by atoms with Crippen LogP contribution in [0, 0.1) is 0 Å². The molecular weight excluding hydrogens is 404 g/mol. The van der Waals surface area contributed by atoms with Crippen LogP contribution in [0.5, 0.6) is 5.75 Å². The van der Waals surface area contributed by atoms with E-state index in [4.69, 9.17) is 4.74 Å². The minimum Gasteiger partial charge on any atom is -0.493 e. The van der Waals surface area contributed by atoms with Crippen LogP contribution in [-0.4, -0.2) is 35.8 Å². The van der Waals surface area contributed by atoms with Gasteiger partial charge in [0.05, 0.1) is 13.2 Å². The predicted octanol–water partition coefficient (Wildman–Crippen LogP) is 3.67. The van der Waals surface area contributed by atoms with Gasteiger partial charge in [-0.15, -0.1) is 0 Å². The molecule has 2 heterocycles. The van der Waals surface area contributed by atoms with Crippen LogP contribution in [0.15, 0.2) is 66.7 Å². The van der Waals surface area contributed by atoms with E-state index in [0.29, 0.717) is 29.9 Å². The van der Waals surface area contributed by atoms with Gasteiger partial charge >= 0.3 is 6.03 Å². The summed E-state index contributed by atoms with van der Waals surface area (Å²) in [6, 6.07) is 20.4. The molecular formula is C26H20N2O4. The van der Waals surface area contributed by atoms with Gasteiger partial charge in [-0.2, -0.15) is 0 Å². The first kappa shape index (κ1) is 18.8. The molecule has 6 heteroatoms. The van der Waals surface area contributed by atoms with Gasteiger partial charge in [0.2, 0.25) is 0 Å². The number of carbonyl (C=O) groups excluding carboxylic acids is 3. The summed E-state index contributed by atoms with van der Waals surface area (Å²) < 4.78 is 5.66. The Morgan fingerprint density at radius 1 is 0.969 bits per heavy atom. The van der Waals surface area contributed by atoms with Crippen molar-refractivity contribution in [3.05, 3.63) is 89.0 Å². The molecule has 1 saturated heterocycles. The summed E-state index contributed by atoms with van der Waals surface area (Å²) in [5.74, 6) is -0.0888. The predicted molar refractivity (Wildman–Crippen MR) is 117 cm³/mol. The minimum absolute atomic E-state index is 0.266. The molecule has 1 atom stereocenters. The number of hydrogen-bond donors (Lipinski definition) is 1. The van der Waals surface area contributed by atoms with Crippen LogP contribution in [0.2, 0.25) is 0 Å². The number of carbonyl (C=O) groups is 3. The Labute approximate surface area is 184 Å². The molecule has 0 bridgehead atoms. The molecule has 1 N–H and O–H groups in total. The molecule has 0 aromatic heterocycles. The van der Waals surface area contributed by atoms with Gasteiger partial charge < -0.3 is 10.1 Å². The average Bonchev–Trinajstić information content (AvgIpc) is 3.30. The molecule has 32 heavy (non-hydrogen) atoms. The topological polar surface area (TPSA) is 75.7 Å². The lowest BCUT2D eigenvalue weighted by atomic mass is 9.84. The fourth-order valence-corrected chi connectivity index (χ4v) is 5.05. The third-order valence-corrected chi connectivity index (χ3v) is 6.68. The second kappa shape index (κ2) is 6.79. The Morgan fingerprint density at radius 3 is 2.66 bits per heavy atom. The van der Waals surface area contributed by atoms with Crippen molar-refractivity contribution < 1.29 is 19.1 Å². The summed E-state index contributed by atoms with van der Waals surface area (Å²) in [6.07, 6.45) is 1.17. The van der Waals surface area contributed by atoms with E-state index < -0.39 is 17.5 Å². The molecule has 0 unspecified atom stereocenters. The van der Waals surface area contributed by atoms with Crippen molar-refractivity contribution in [2.45, 2.75) is 18.4 Å². The molecule has 6 rings (SSSR count). The minimum atomic E-state index is -1.18. The number of rotatable bonds is 3. The van der Waals surface area contributed by atoms with Crippen LogP contribution in [0.4, 0.5) is 4.79 Å². The molecule has 3 aliphatic rings. The number of nitrogens with one attached hydrogen (secondary N) is 1. The number of benzene rings is 3. The molecule has 158 valence electrons. The van der Waals surface area contributed by atoms with Crippen molar-refractivity contribution in [2.75, 3.05) is 13.2 Å². The first-order valence-electron chi connectivity index (χ1n) is 10.7. The van der Waals surface area contributed by atoms with Crippen LogP contribution in [-0.2, 0) is 16.8 Å². The van der Waals surface area contributed by atoms with E-state index in [1.54, 1.807) is 18.2 Å². The van der Waals surface area contributed by atoms with Crippen LogP contribution in [0.1, 0.15) is 33.5 Å². The van der Waals surface area contributed by atoms with Crippen LogP contribution in [0.25, 0.3) is 11.1 Å². The molecule has 0 saturated carbocycles. The highest BCUT2D eigenvalue weighted by molar-refractivity contribution is 6.12. The van der Waals surface area contributed by atoms with Gasteiger partial charge in [-0.25, -0.2) is 4.79 Å². The molecule has 0 radical (unpaired) electrons. The van der Waals surface area contributed by atoms with Crippen LogP contribution < -0.4 is 10.1 Å². The zero-order chi connectivity index (χ0) is 21.9. The molecule has 3 aromatic rings. The quantitative estimate of drug-likeness (QED) is 0.402. The zero-order valence-electron chi connectivity index (χ0n) is 17.3. The molecule has 1 aliphatic carbocycles. The lowest BCUT2D eigenvalue weighted by Gasteiger charge is -2.33. The summed E-state index contributed by atoms with van der Waals surface area (Å²) in [6.45, 7) is 0.0188. The van der Waals surface area contributed by atoms with Crippen molar-refractivity contribution in [1.29, 1.82) is 0 Å². The number of nitrogens with zero attached hydrogens (tertiary/aromatic N) is 1. The van der Waals surface area contributed by atoms with Gasteiger partial charge in [0.25, 0.3) is 5.91 Å². The van der Waals surface area contributed by atoms with E-state index in [1.807, 2.05) is 36.4 Å². The van der Waals surface area contributed by atoms with E-state index in [-0.39, 0.29) is 12.3 Å². The number of para-hydroxylation sites is 1. The number of ketones is 1. The van der Waals surface area contributed by atoms with Gasteiger partial charge in [0.1, 0.15) is 5.75 Å². The third-order valence-electron chi connectivity index (χ3n) is 6.68. The largest absolute Gasteiger partial charge is 0.493 e. The maximum atomic E-state index is 13.4. The number of Topliss-reactive ketones (excluding diaryl/α,β-unsaturated/α-hetero) is 1. The Kier molecular flexibility index (Phi) is 3.99. The van der Waals surface area contributed by atoms with Crippen molar-refractivity contribution in [2.24, 2.45) is 0 Å². The average molecular weight is 424 g/mol. The fraction of sp³-hybridized carbons (Fsp3) is 0.192. The van der Waals surface area contributed by atoms with Gasteiger partial charge in [-0.1, -0.05) is 54.6 Å². The standard InChI is InChI=1S/C26H20N2O4/c29-22(18-10-9-17-13-16-5-1-2-6-19(16)20(17)14-18)15-28-24(30)26(27-25(28)31)11-12-32-23-8-4-3-7-21(23)26/h1-10,14H,11-13,15H2,(H,27,31)/t26-/m1/s1. The van der Waals surface area contributed by atoms with Gasteiger partial charge in [0, 0.05) is 17.5 Å². The van der Waals surface area contributed by atoms with E-state index in [1.165, 1.54) is 11.1 Å². The number of imide groups is 1. The maximum absolute atomic E-state index is 13.4. The highest BCUT2D eigenvalue weighted by Crippen LogP contribution is 2.41. The summed E-state index contributed by atoms with van der Waals surface area (Å²) in [4.78, 5) is 40.3. The van der Waals surface area contributed by atoms with E-state index >= 15 is 0 Å². The molecule has 6 nitrogen and oxygen atoms in total. The van der Waals surface area contributed by atoms with Crippen molar-refractivity contribution in [3.8, 4) is 16.9 Å². The monoisotopic (exact) mass is 424 g/mol. The fourth-order valence-electron chi connectivity index (χ4n) is 5.05. The number of amides is 3.